The third kappa shape index (κ3) is 1.80. The number of aryl methyl sites for hydroxylation is 1. The van der Waals surface area contributed by atoms with Gasteiger partial charge in [0.2, 0.25) is 0 Å². The standard InChI is InChI=1S/C17H27N/c1-5-13-8-10-14(11-9-13)15-12(4)16(18)17(15,6-2)7-3/h8-12,15-16H,5-7,18H2,1-4H3. The molecule has 3 atom stereocenters. The highest BCUT2D eigenvalue weighted by molar-refractivity contribution is 5.32. The largest absolute Gasteiger partial charge is 0.327 e. The van der Waals surface area contributed by atoms with Crippen molar-refractivity contribution in [2.24, 2.45) is 17.1 Å². The minimum absolute atomic E-state index is 0.327. The average molecular weight is 245 g/mol. The normalized spacial score (nSPS) is 29.9. The van der Waals surface area contributed by atoms with Gasteiger partial charge in [-0.1, -0.05) is 52.0 Å². The molecular formula is C17H27N. The Bertz CT molecular complexity index is 389. The van der Waals surface area contributed by atoms with Gasteiger partial charge in [-0.2, -0.15) is 0 Å². The molecule has 0 amide bonds. The van der Waals surface area contributed by atoms with E-state index in [4.69, 9.17) is 5.73 Å². The first-order valence-corrected chi connectivity index (χ1v) is 7.45. The van der Waals surface area contributed by atoms with Crippen LogP contribution < -0.4 is 5.73 Å². The summed E-state index contributed by atoms with van der Waals surface area (Å²) in [6.45, 7) is 9.11. The van der Waals surface area contributed by atoms with Gasteiger partial charge < -0.3 is 5.73 Å². The van der Waals surface area contributed by atoms with Gasteiger partial charge in [0, 0.05) is 6.04 Å². The van der Waals surface area contributed by atoms with E-state index < -0.39 is 0 Å². The minimum atomic E-state index is 0.327. The van der Waals surface area contributed by atoms with Gasteiger partial charge in [-0.15, -0.1) is 0 Å². The smallest absolute Gasteiger partial charge is 0.0133 e. The van der Waals surface area contributed by atoms with Crippen LogP contribution in [0, 0.1) is 11.3 Å². The molecule has 1 aromatic rings. The summed E-state index contributed by atoms with van der Waals surface area (Å²) >= 11 is 0. The van der Waals surface area contributed by atoms with Crippen molar-refractivity contribution in [3.05, 3.63) is 35.4 Å². The molecule has 2 rings (SSSR count). The molecule has 0 saturated heterocycles. The molecular weight excluding hydrogens is 218 g/mol. The fourth-order valence-electron chi connectivity index (χ4n) is 4.10. The van der Waals surface area contributed by atoms with E-state index in [9.17, 15) is 0 Å². The van der Waals surface area contributed by atoms with E-state index in [-0.39, 0.29) is 0 Å². The van der Waals surface area contributed by atoms with Crippen molar-refractivity contribution in [2.75, 3.05) is 0 Å². The van der Waals surface area contributed by atoms with Crippen LogP contribution in [-0.2, 0) is 6.42 Å². The van der Waals surface area contributed by atoms with Crippen molar-refractivity contribution in [1.82, 2.24) is 0 Å². The first-order chi connectivity index (χ1) is 8.60. The predicted octanol–water partition coefficient (Wildman–Crippen LogP) is 4.12. The second-order valence-corrected chi connectivity index (χ2v) is 5.90. The Kier molecular flexibility index (Phi) is 3.82. The number of nitrogens with two attached hydrogens (primary N) is 1. The molecule has 0 heterocycles. The van der Waals surface area contributed by atoms with Gasteiger partial charge in [-0.3, -0.25) is 0 Å². The lowest BCUT2D eigenvalue weighted by atomic mass is 9.47. The van der Waals surface area contributed by atoms with Crippen LogP contribution >= 0.6 is 0 Å². The Balaban J connectivity index is 2.30. The first kappa shape index (κ1) is 13.6. The van der Waals surface area contributed by atoms with E-state index in [0.717, 1.165) is 6.42 Å². The van der Waals surface area contributed by atoms with E-state index in [2.05, 4.69) is 52.0 Å². The number of benzene rings is 1. The molecule has 1 nitrogen and oxygen atoms in total. The van der Waals surface area contributed by atoms with Crippen molar-refractivity contribution in [3.63, 3.8) is 0 Å². The zero-order valence-corrected chi connectivity index (χ0v) is 12.2. The molecule has 0 bridgehead atoms. The molecule has 100 valence electrons. The Labute approximate surface area is 112 Å². The van der Waals surface area contributed by atoms with Crippen molar-refractivity contribution in [3.8, 4) is 0 Å². The van der Waals surface area contributed by atoms with Gasteiger partial charge in [0.25, 0.3) is 0 Å². The number of rotatable bonds is 4. The van der Waals surface area contributed by atoms with Gasteiger partial charge in [0.1, 0.15) is 0 Å². The monoisotopic (exact) mass is 245 g/mol. The minimum Gasteiger partial charge on any atom is -0.327 e. The zero-order chi connectivity index (χ0) is 13.3. The Morgan fingerprint density at radius 2 is 1.61 bits per heavy atom. The third-order valence-electron chi connectivity index (χ3n) is 5.44. The third-order valence-corrected chi connectivity index (χ3v) is 5.44. The summed E-state index contributed by atoms with van der Waals surface area (Å²) in [6.07, 6.45) is 3.50. The van der Waals surface area contributed by atoms with E-state index in [1.807, 2.05) is 0 Å². The maximum atomic E-state index is 6.41. The summed E-state index contributed by atoms with van der Waals surface area (Å²) in [5, 5.41) is 0. The summed E-state index contributed by atoms with van der Waals surface area (Å²) in [4.78, 5) is 0. The fraction of sp³-hybridized carbons (Fsp3) is 0.647. The van der Waals surface area contributed by atoms with Crippen LogP contribution in [0.1, 0.15) is 57.6 Å². The van der Waals surface area contributed by atoms with Crippen LogP contribution in [-0.4, -0.2) is 6.04 Å². The van der Waals surface area contributed by atoms with E-state index in [1.54, 1.807) is 0 Å². The van der Waals surface area contributed by atoms with Gasteiger partial charge in [0.15, 0.2) is 0 Å². The molecule has 1 heteroatoms. The van der Waals surface area contributed by atoms with Crippen molar-refractivity contribution in [1.29, 1.82) is 0 Å². The average Bonchev–Trinajstić information content (AvgIpc) is 2.43. The first-order valence-electron chi connectivity index (χ1n) is 7.45. The van der Waals surface area contributed by atoms with Gasteiger partial charge in [0.05, 0.1) is 0 Å². The molecule has 1 fully saturated rings. The van der Waals surface area contributed by atoms with Crippen molar-refractivity contribution < 1.29 is 0 Å². The van der Waals surface area contributed by atoms with Crippen molar-refractivity contribution in [2.45, 2.75) is 58.9 Å². The molecule has 3 unspecified atom stereocenters. The summed E-state index contributed by atoms with van der Waals surface area (Å²) in [5.74, 6) is 1.26. The quantitative estimate of drug-likeness (QED) is 0.848. The molecule has 0 aliphatic heterocycles. The summed E-state index contributed by atoms with van der Waals surface area (Å²) in [6, 6.07) is 9.57. The molecule has 1 saturated carbocycles. The molecule has 0 aromatic heterocycles. The maximum Gasteiger partial charge on any atom is 0.0133 e. The van der Waals surface area contributed by atoms with Crippen LogP contribution in [0.15, 0.2) is 24.3 Å². The van der Waals surface area contributed by atoms with Gasteiger partial charge in [-0.05, 0) is 47.6 Å². The lowest BCUT2D eigenvalue weighted by Crippen LogP contribution is -2.62. The zero-order valence-electron chi connectivity index (χ0n) is 12.2. The second-order valence-electron chi connectivity index (χ2n) is 5.90. The SMILES string of the molecule is CCc1ccc(C2C(C)C(N)C2(CC)CC)cc1. The number of hydrogen-bond donors (Lipinski definition) is 1. The highest BCUT2D eigenvalue weighted by Crippen LogP contribution is 2.59. The lowest BCUT2D eigenvalue weighted by molar-refractivity contribution is -0.0179. The van der Waals surface area contributed by atoms with Crippen molar-refractivity contribution >= 4 is 0 Å². The maximum absolute atomic E-state index is 6.41. The van der Waals surface area contributed by atoms with Crippen LogP contribution in [0.5, 0.6) is 0 Å². The summed E-state index contributed by atoms with van der Waals surface area (Å²) in [7, 11) is 0. The van der Waals surface area contributed by atoms with E-state index in [1.165, 1.54) is 24.0 Å². The van der Waals surface area contributed by atoms with Gasteiger partial charge >= 0.3 is 0 Å². The highest BCUT2D eigenvalue weighted by atomic mass is 14.8. The van der Waals surface area contributed by atoms with E-state index in [0.29, 0.717) is 23.3 Å². The van der Waals surface area contributed by atoms with Crippen LogP contribution in [0.2, 0.25) is 0 Å². The summed E-state index contributed by atoms with van der Waals surface area (Å²) in [5.41, 5.74) is 9.65. The molecule has 0 radical (unpaired) electrons. The Morgan fingerprint density at radius 3 is 2.06 bits per heavy atom. The second kappa shape index (κ2) is 5.05. The Hall–Kier alpha value is -0.820. The molecule has 2 N–H and O–H groups in total. The van der Waals surface area contributed by atoms with Crippen LogP contribution in [0.25, 0.3) is 0 Å². The Morgan fingerprint density at radius 1 is 1.06 bits per heavy atom. The molecule has 1 aromatic carbocycles. The molecule has 0 spiro atoms. The topological polar surface area (TPSA) is 26.0 Å². The lowest BCUT2D eigenvalue weighted by Gasteiger charge is -2.59. The van der Waals surface area contributed by atoms with Gasteiger partial charge in [-0.25, -0.2) is 0 Å². The fourth-order valence-corrected chi connectivity index (χ4v) is 4.10. The summed E-state index contributed by atoms with van der Waals surface area (Å²) < 4.78 is 0. The number of hydrogen-bond acceptors (Lipinski definition) is 1. The van der Waals surface area contributed by atoms with E-state index >= 15 is 0 Å². The highest BCUT2D eigenvalue weighted by Gasteiger charge is 2.56. The molecule has 1 aliphatic carbocycles. The van der Waals surface area contributed by atoms with Crippen LogP contribution in [0.4, 0.5) is 0 Å². The molecule has 1 aliphatic rings. The predicted molar refractivity (Wildman–Crippen MR) is 78.7 cm³/mol. The molecule has 18 heavy (non-hydrogen) atoms. The van der Waals surface area contributed by atoms with Crippen LogP contribution in [0.3, 0.4) is 0 Å².